The van der Waals surface area contributed by atoms with Crippen LogP contribution in [0.4, 0.5) is 0 Å². The highest BCUT2D eigenvalue weighted by atomic mass is 16.5. The third kappa shape index (κ3) is 2.91. The summed E-state index contributed by atoms with van der Waals surface area (Å²) < 4.78 is 5.93. The summed E-state index contributed by atoms with van der Waals surface area (Å²) >= 11 is 0. The monoisotopic (exact) mass is 275 g/mol. The smallest absolute Gasteiger partial charge is 0.0870 e. The third-order valence-electron chi connectivity index (χ3n) is 5.31. The van der Waals surface area contributed by atoms with Crippen molar-refractivity contribution in [3.05, 3.63) is 34.9 Å². The molecule has 2 nitrogen and oxygen atoms in total. The zero-order valence-corrected chi connectivity index (χ0v) is 13.6. The number of ether oxygens (including phenoxy) is 1. The second-order valence-electron chi connectivity index (χ2n) is 7.25. The second-order valence-corrected chi connectivity index (χ2v) is 7.25. The summed E-state index contributed by atoms with van der Waals surface area (Å²) in [7, 11) is 1.82. The molecule has 1 aliphatic carbocycles. The van der Waals surface area contributed by atoms with Crippen LogP contribution >= 0.6 is 0 Å². The molecule has 0 bridgehead atoms. The van der Waals surface area contributed by atoms with Gasteiger partial charge in [-0.05, 0) is 61.6 Å². The van der Waals surface area contributed by atoms with Crippen LogP contribution in [0, 0.1) is 19.3 Å². The fourth-order valence-corrected chi connectivity index (χ4v) is 3.25. The van der Waals surface area contributed by atoms with E-state index in [0.717, 1.165) is 12.8 Å². The van der Waals surface area contributed by atoms with Crippen molar-refractivity contribution in [2.75, 3.05) is 7.11 Å². The van der Waals surface area contributed by atoms with Crippen LogP contribution in [0.5, 0.6) is 0 Å². The van der Waals surface area contributed by atoms with Gasteiger partial charge in [0.25, 0.3) is 0 Å². The van der Waals surface area contributed by atoms with Gasteiger partial charge in [-0.3, -0.25) is 0 Å². The van der Waals surface area contributed by atoms with Gasteiger partial charge in [-0.1, -0.05) is 32.0 Å². The lowest BCUT2D eigenvalue weighted by Gasteiger charge is -2.46. The SMILES string of the molecule is COC1(C(N)c2ccc(C)c(C)c2)CCC(C)(C)CC1. The van der Waals surface area contributed by atoms with Gasteiger partial charge in [0.1, 0.15) is 0 Å². The number of rotatable bonds is 3. The zero-order chi connectivity index (χ0) is 15.0. The summed E-state index contributed by atoms with van der Waals surface area (Å²) in [5, 5.41) is 0. The third-order valence-corrected chi connectivity index (χ3v) is 5.31. The fraction of sp³-hybridized carbons (Fsp3) is 0.667. The molecule has 2 N–H and O–H groups in total. The first-order valence-corrected chi connectivity index (χ1v) is 7.68. The predicted octanol–water partition coefficient (Wildman–Crippen LogP) is 4.29. The molecule has 112 valence electrons. The van der Waals surface area contributed by atoms with E-state index in [1.165, 1.54) is 29.5 Å². The maximum Gasteiger partial charge on any atom is 0.0870 e. The molecule has 20 heavy (non-hydrogen) atoms. The molecule has 1 unspecified atom stereocenters. The van der Waals surface area contributed by atoms with Crippen LogP contribution in [0.25, 0.3) is 0 Å². The van der Waals surface area contributed by atoms with Gasteiger partial charge >= 0.3 is 0 Å². The first-order valence-electron chi connectivity index (χ1n) is 7.68. The van der Waals surface area contributed by atoms with Crippen LogP contribution in [0.2, 0.25) is 0 Å². The Kier molecular flexibility index (Phi) is 4.27. The van der Waals surface area contributed by atoms with E-state index in [0.29, 0.717) is 5.41 Å². The number of hydrogen-bond acceptors (Lipinski definition) is 2. The van der Waals surface area contributed by atoms with Crippen LogP contribution in [-0.4, -0.2) is 12.7 Å². The molecule has 0 radical (unpaired) electrons. The molecule has 0 spiro atoms. The van der Waals surface area contributed by atoms with Gasteiger partial charge in [-0.15, -0.1) is 0 Å². The van der Waals surface area contributed by atoms with Crippen LogP contribution in [-0.2, 0) is 4.74 Å². The van der Waals surface area contributed by atoms with Gasteiger partial charge in [0.2, 0.25) is 0 Å². The number of methoxy groups -OCH3 is 1. The van der Waals surface area contributed by atoms with Gasteiger partial charge in [0, 0.05) is 7.11 Å². The molecular formula is C18H29NO. The summed E-state index contributed by atoms with van der Waals surface area (Å²) in [6, 6.07) is 6.51. The minimum Gasteiger partial charge on any atom is -0.376 e. The molecule has 0 aliphatic heterocycles. The van der Waals surface area contributed by atoms with Crippen LogP contribution in [0.3, 0.4) is 0 Å². The number of nitrogens with two attached hydrogens (primary N) is 1. The summed E-state index contributed by atoms with van der Waals surface area (Å²) in [5.74, 6) is 0. The van der Waals surface area contributed by atoms with Crippen molar-refractivity contribution < 1.29 is 4.74 Å². The molecule has 1 fully saturated rings. The van der Waals surface area contributed by atoms with Gasteiger partial charge in [0.05, 0.1) is 11.6 Å². The Morgan fingerprint density at radius 2 is 1.65 bits per heavy atom. The normalized spacial score (nSPS) is 22.5. The molecule has 0 saturated heterocycles. The molecule has 0 amide bonds. The lowest BCUT2D eigenvalue weighted by atomic mass is 9.67. The lowest BCUT2D eigenvalue weighted by molar-refractivity contribution is -0.0794. The highest BCUT2D eigenvalue weighted by Gasteiger charge is 2.43. The Morgan fingerprint density at radius 1 is 1.05 bits per heavy atom. The van der Waals surface area contributed by atoms with Crippen LogP contribution in [0.15, 0.2) is 18.2 Å². The Labute approximate surface area is 123 Å². The van der Waals surface area contributed by atoms with Gasteiger partial charge < -0.3 is 10.5 Å². The first kappa shape index (κ1) is 15.5. The summed E-state index contributed by atoms with van der Waals surface area (Å²) in [6.07, 6.45) is 4.45. The van der Waals surface area contributed by atoms with E-state index in [-0.39, 0.29) is 11.6 Å². The van der Waals surface area contributed by atoms with E-state index in [1.54, 1.807) is 0 Å². The number of aryl methyl sites for hydroxylation is 2. The summed E-state index contributed by atoms with van der Waals surface area (Å²) in [5.41, 5.74) is 10.6. The standard InChI is InChI=1S/C18H29NO/c1-13-6-7-15(12-14(13)2)16(19)18(20-5)10-8-17(3,4)9-11-18/h6-7,12,16H,8-11,19H2,1-5H3. The average molecular weight is 275 g/mol. The minimum absolute atomic E-state index is 0.0390. The highest BCUT2D eigenvalue weighted by Crippen LogP contribution is 2.46. The molecule has 1 saturated carbocycles. The summed E-state index contributed by atoms with van der Waals surface area (Å²) in [6.45, 7) is 8.97. The molecule has 1 aliphatic rings. The van der Waals surface area contributed by atoms with Crippen molar-refractivity contribution in [2.24, 2.45) is 11.1 Å². The van der Waals surface area contributed by atoms with E-state index in [1.807, 2.05) is 7.11 Å². The quantitative estimate of drug-likeness (QED) is 0.893. The number of benzene rings is 1. The van der Waals surface area contributed by atoms with Gasteiger partial charge in [-0.25, -0.2) is 0 Å². The molecule has 1 atom stereocenters. The van der Waals surface area contributed by atoms with E-state index in [9.17, 15) is 0 Å². The van der Waals surface area contributed by atoms with Crippen molar-refractivity contribution in [1.29, 1.82) is 0 Å². The Bertz CT molecular complexity index is 468. The predicted molar refractivity (Wildman–Crippen MR) is 84.8 cm³/mol. The van der Waals surface area contributed by atoms with E-state index in [2.05, 4.69) is 45.9 Å². The minimum atomic E-state index is -0.197. The first-order chi connectivity index (χ1) is 9.30. The zero-order valence-electron chi connectivity index (χ0n) is 13.6. The van der Waals surface area contributed by atoms with Crippen molar-refractivity contribution in [3.63, 3.8) is 0 Å². The fourth-order valence-electron chi connectivity index (χ4n) is 3.25. The van der Waals surface area contributed by atoms with Gasteiger partial charge in [-0.2, -0.15) is 0 Å². The van der Waals surface area contributed by atoms with Crippen molar-refractivity contribution in [2.45, 2.75) is 65.0 Å². The van der Waals surface area contributed by atoms with Gasteiger partial charge in [0.15, 0.2) is 0 Å². The molecular weight excluding hydrogens is 246 g/mol. The lowest BCUT2D eigenvalue weighted by Crippen LogP contribution is -2.47. The van der Waals surface area contributed by atoms with E-state index < -0.39 is 0 Å². The molecule has 2 heteroatoms. The van der Waals surface area contributed by atoms with E-state index >= 15 is 0 Å². The van der Waals surface area contributed by atoms with E-state index in [4.69, 9.17) is 10.5 Å². The van der Waals surface area contributed by atoms with Crippen molar-refractivity contribution >= 4 is 0 Å². The highest BCUT2D eigenvalue weighted by molar-refractivity contribution is 5.33. The maximum absolute atomic E-state index is 6.60. The van der Waals surface area contributed by atoms with Crippen LogP contribution < -0.4 is 5.73 Å². The molecule has 1 aromatic carbocycles. The Morgan fingerprint density at radius 3 is 2.15 bits per heavy atom. The average Bonchev–Trinajstić information content (AvgIpc) is 2.42. The number of hydrogen-bond donors (Lipinski definition) is 1. The topological polar surface area (TPSA) is 35.2 Å². The molecule has 0 heterocycles. The largest absolute Gasteiger partial charge is 0.376 e. The Hall–Kier alpha value is -0.860. The molecule has 0 aromatic heterocycles. The molecule has 1 aromatic rings. The maximum atomic E-state index is 6.60. The second kappa shape index (κ2) is 5.50. The van der Waals surface area contributed by atoms with Crippen molar-refractivity contribution in [1.82, 2.24) is 0 Å². The van der Waals surface area contributed by atoms with Crippen molar-refractivity contribution in [3.8, 4) is 0 Å². The summed E-state index contributed by atoms with van der Waals surface area (Å²) in [4.78, 5) is 0. The Balaban J connectivity index is 2.25. The molecule has 2 rings (SSSR count). The van der Waals surface area contributed by atoms with Crippen LogP contribution in [0.1, 0.15) is 62.3 Å².